The molecule has 1 aromatic carbocycles. The lowest BCUT2D eigenvalue weighted by molar-refractivity contribution is 0.0514. The van der Waals surface area contributed by atoms with Crippen molar-refractivity contribution in [2.24, 2.45) is 7.05 Å². The molecule has 108 valence electrons. The Bertz CT molecular complexity index is 634. The molecule has 0 bridgehead atoms. The van der Waals surface area contributed by atoms with E-state index < -0.39 is 0 Å². The zero-order chi connectivity index (χ0) is 14.7. The van der Waals surface area contributed by atoms with E-state index >= 15 is 0 Å². The summed E-state index contributed by atoms with van der Waals surface area (Å²) < 4.78 is 6.95. The number of carbonyl (C=O) groups is 1. The maximum absolute atomic E-state index is 12.2. The number of halogens is 1. The van der Waals surface area contributed by atoms with Crippen LogP contribution in [0.15, 0.2) is 18.2 Å². The molecule has 0 saturated carbocycles. The zero-order valence-corrected chi connectivity index (χ0v) is 12.4. The van der Waals surface area contributed by atoms with E-state index in [1.807, 2.05) is 23.7 Å². The van der Waals surface area contributed by atoms with Crippen molar-refractivity contribution >= 4 is 28.5 Å². The van der Waals surface area contributed by atoms with Gasteiger partial charge in [0.1, 0.15) is 5.69 Å². The number of benzene rings is 1. The summed E-state index contributed by atoms with van der Waals surface area (Å²) in [6, 6.07) is 5.55. The third-order valence-electron chi connectivity index (χ3n) is 3.32. The highest BCUT2D eigenvalue weighted by molar-refractivity contribution is 6.31. The summed E-state index contributed by atoms with van der Waals surface area (Å²) in [4.78, 5) is 12.2. The van der Waals surface area contributed by atoms with E-state index in [2.05, 4.69) is 0 Å². The van der Waals surface area contributed by atoms with Crippen molar-refractivity contribution in [3.8, 4) is 0 Å². The second kappa shape index (κ2) is 6.29. The summed E-state index contributed by atoms with van der Waals surface area (Å²) in [5.74, 6) is -0.338. The van der Waals surface area contributed by atoms with E-state index in [9.17, 15) is 4.79 Å². The zero-order valence-electron chi connectivity index (χ0n) is 11.6. The predicted molar refractivity (Wildman–Crippen MR) is 79.3 cm³/mol. The van der Waals surface area contributed by atoms with Crippen molar-refractivity contribution in [1.29, 1.82) is 0 Å². The number of carbonyl (C=O) groups excluding carboxylic acids is 1. The molecular formula is C15H18ClNO3. The van der Waals surface area contributed by atoms with Crippen LogP contribution in [-0.4, -0.2) is 28.9 Å². The Kier molecular flexibility index (Phi) is 4.68. The predicted octanol–water partition coefficient (Wildman–Crippen LogP) is 2.93. The average Bonchev–Trinajstić information content (AvgIpc) is 2.69. The number of hydrogen-bond acceptors (Lipinski definition) is 3. The first kappa shape index (κ1) is 14.9. The van der Waals surface area contributed by atoms with Crippen LogP contribution in [-0.2, 0) is 18.2 Å². The van der Waals surface area contributed by atoms with E-state index in [4.69, 9.17) is 21.4 Å². The van der Waals surface area contributed by atoms with E-state index in [1.165, 1.54) is 0 Å². The maximum atomic E-state index is 12.2. The third-order valence-corrected chi connectivity index (χ3v) is 3.56. The number of nitrogens with zero attached hydrogens (tertiary/aromatic N) is 1. The molecule has 1 N–H and O–H groups in total. The van der Waals surface area contributed by atoms with Crippen molar-refractivity contribution in [1.82, 2.24) is 4.57 Å². The molecule has 0 aliphatic carbocycles. The van der Waals surface area contributed by atoms with Crippen molar-refractivity contribution in [3.05, 3.63) is 34.5 Å². The molecule has 4 nitrogen and oxygen atoms in total. The van der Waals surface area contributed by atoms with E-state index in [0.29, 0.717) is 30.2 Å². The van der Waals surface area contributed by atoms with Gasteiger partial charge in [-0.15, -0.1) is 0 Å². The summed E-state index contributed by atoms with van der Waals surface area (Å²) >= 11 is 6.03. The van der Waals surface area contributed by atoms with E-state index in [-0.39, 0.29) is 12.6 Å². The van der Waals surface area contributed by atoms with Crippen LogP contribution in [0.2, 0.25) is 5.02 Å². The fourth-order valence-electron chi connectivity index (χ4n) is 2.46. The minimum absolute atomic E-state index is 0.0895. The van der Waals surface area contributed by atoms with Crippen LogP contribution in [0.1, 0.15) is 29.4 Å². The van der Waals surface area contributed by atoms with Crippen molar-refractivity contribution in [3.63, 3.8) is 0 Å². The van der Waals surface area contributed by atoms with Gasteiger partial charge in [0.15, 0.2) is 0 Å². The number of rotatable bonds is 5. The molecule has 0 unspecified atom stereocenters. The van der Waals surface area contributed by atoms with E-state index in [0.717, 1.165) is 16.5 Å². The molecule has 0 spiro atoms. The van der Waals surface area contributed by atoms with Gasteiger partial charge in [-0.3, -0.25) is 0 Å². The topological polar surface area (TPSA) is 51.5 Å². The molecule has 1 heterocycles. The molecule has 0 amide bonds. The third kappa shape index (κ3) is 2.67. The van der Waals surface area contributed by atoms with Gasteiger partial charge in [0, 0.05) is 24.1 Å². The van der Waals surface area contributed by atoms with Gasteiger partial charge in [-0.1, -0.05) is 17.7 Å². The van der Waals surface area contributed by atoms with E-state index in [1.54, 1.807) is 13.0 Å². The monoisotopic (exact) mass is 295 g/mol. The minimum Gasteiger partial charge on any atom is -0.461 e. The number of hydrogen-bond donors (Lipinski definition) is 1. The molecule has 2 aromatic rings. The van der Waals surface area contributed by atoms with Crippen LogP contribution in [0.5, 0.6) is 0 Å². The molecule has 2 rings (SSSR count). The molecule has 0 radical (unpaired) electrons. The number of aliphatic hydroxyl groups excluding tert-OH is 1. The summed E-state index contributed by atoms with van der Waals surface area (Å²) in [7, 11) is 1.83. The van der Waals surface area contributed by atoms with Gasteiger partial charge in [-0.2, -0.15) is 0 Å². The fraction of sp³-hybridized carbons (Fsp3) is 0.400. The first-order chi connectivity index (χ1) is 9.60. The maximum Gasteiger partial charge on any atom is 0.355 e. The Morgan fingerprint density at radius 3 is 2.85 bits per heavy atom. The largest absolute Gasteiger partial charge is 0.461 e. The number of aromatic nitrogens is 1. The van der Waals surface area contributed by atoms with Crippen LogP contribution in [0.4, 0.5) is 0 Å². The molecule has 1 aromatic heterocycles. The molecule has 20 heavy (non-hydrogen) atoms. The van der Waals surface area contributed by atoms with Crippen LogP contribution >= 0.6 is 11.6 Å². The number of fused-ring (bicyclic) bond motifs is 1. The summed E-state index contributed by atoms with van der Waals surface area (Å²) in [5.41, 5.74) is 2.35. The molecule has 0 aliphatic rings. The minimum atomic E-state index is -0.338. The van der Waals surface area contributed by atoms with Gasteiger partial charge in [0.25, 0.3) is 0 Å². The smallest absolute Gasteiger partial charge is 0.355 e. The first-order valence-electron chi connectivity index (χ1n) is 6.65. The van der Waals surface area contributed by atoms with Gasteiger partial charge in [-0.05, 0) is 37.5 Å². The second-order valence-electron chi connectivity index (χ2n) is 4.60. The van der Waals surface area contributed by atoms with Gasteiger partial charge in [-0.25, -0.2) is 4.79 Å². The number of ether oxygens (including phenoxy) is 1. The highest BCUT2D eigenvalue weighted by Gasteiger charge is 2.21. The van der Waals surface area contributed by atoms with Crippen LogP contribution in [0, 0.1) is 0 Å². The van der Waals surface area contributed by atoms with Crippen molar-refractivity contribution < 1.29 is 14.6 Å². The van der Waals surface area contributed by atoms with Crippen LogP contribution < -0.4 is 0 Å². The Labute approximate surface area is 122 Å². The Morgan fingerprint density at radius 2 is 2.20 bits per heavy atom. The Balaban J connectivity index is 2.63. The lowest BCUT2D eigenvalue weighted by atomic mass is 10.1. The summed E-state index contributed by atoms with van der Waals surface area (Å²) in [6.07, 6.45) is 1.23. The lowest BCUT2D eigenvalue weighted by Gasteiger charge is -2.06. The highest BCUT2D eigenvalue weighted by Crippen LogP contribution is 2.29. The molecule has 5 heteroatoms. The number of esters is 1. The highest BCUT2D eigenvalue weighted by atomic mass is 35.5. The lowest BCUT2D eigenvalue weighted by Crippen LogP contribution is -2.12. The second-order valence-corrected chi connectivity index (χ2v) is 5.03. The first-order valence-corrected chi connectivity index (χ1v) is 7.02. The quantitative estimate of drug-likeness (QED) is 0.863. The fourth-order valence-corrected chi connectivity index (χ4v) is 2.62. The number of aliphatic hydroxyl groups is 1. The Hall–Kier alpha value is -1.52. The van der Waals surface area contributed by atoms with Crippen molar-refractivity contribution in [2.75, 3.05) is 13.2 Å². The van der Waals surface area contributed by atoms with Crippen LogP contribution in [0.25, 0.3) is 10.9 Å². The van der Waals surface area contributed by atoms with Crippen LogP contribution in [0.3, 0.4) is 0 Å². The molecule has 0 saturated heterocycles. The number of aryl methyl sites for hydroxylation is 2. The summed E-state index contributed by atoms with van der Waals surface area (Å²) in [6.45, 7) is 2.21. The standard InChI is InChI=1S/C15H18ClNO3/c1-3-20-15(19)14-12(5-4-8-18)11-7-6-10(16)9-13(11)17(14)2/h6-7,9,18H,3-5,8H2,1-2H3. The van der Waals surface area contributed by atoms with Gasteiger partial charge in [0.2, 0.25) is 0 Å². The van der Waals surface area contributed by atoms with Gasteiger partial charge in [0.05, 0.1) is 12.1 Å². The summed E-state index contributed by atoms with van der Waals surface area (Å²) in [5, 5.41) is 10.6. The molecular weight excluding hydrogens is 278 g/mol. The Morgan fingerprint density at radius 1 is 1.45 bits per heavy atom. The normalized spacial score (nSPS) is 11.0. The average molecular weight is 296 g/mol. The SMILES string of the molecule is CCOC(=O)c1c(CCCO)c2ccc(Cl)cc2n1C. The van der Waals surface area contributed by atoms with Gasteiger partial charge >= 0.3 is 5.97 Å². The van der Waals surface area contributed by atoms with Crippen molar-refractivity contribution in [2.45, 2.75) is 19.8 Å². The molecule has 0 aliphatic heterocycles. The van der Waals surface area contributed by atoms with Gasteiger partial charge < -0.3 is 14.4 Å². The molecule has 0 fully saturated rings. The molecule has 0 atom stereocenters.